The summed E-state index contributed by atoms with van der Waals surface area (Å²) in [6.45, 7) is 9.23. The van der Waals surface area contributed by atoms with Crippen LogP contribution in [-0.4, -0.2) is 42.6 Å². The number of thiazole rings is 1. The van der Waals surface area contributed by atoms with Gasteiger partial charge in [-0.05, 0) is 20.0 Å². The van der Waals surface area contributed by atoms with Gasteiger partial charge >= 0.3 is 5.97 Å². The summed E-state index contributed by atoms with van der Waals surface area (Å²) in [7, 11) is 1.40. The van der Waals surface area contributed by atoms with Crippen molar-refractivity contribution in [3.8, 4) is 0 Å². The van der Waals surface area contributed by atoms with Gasteiger partial charge in [-0.25, -0.2) is 9.78 Å². The lowest BCUT2D eigenvalue weighted by molar-refractivity contribution is 0.0605. The molecule has 0 bridgehead atoms. The molecule has 1 heterocycles. The molecule has 96 valence electrons. The maximum atomic E-state index is 11.4. The van der Waals surface area contributed by atoms with Gasteiger partial charge in [0.15, 0.2) is 0 Å². The summed E-state index contributed by atoms with van der Waals surface area (Å²) in [6, 6.07) is 0. The second-order valence-electron chi connectivity index (χ2n) is 3.79. The number of aryl methyl sites for hydroxylation is 1. The van der Waals surface area contributed by atoms with E-state index in [1.54, 1.807) is 0 Å². The van der Waals surface area contributed by atoms with Crippen molar-refractivity contribution < 1.29 is 9.53 Å². The molecule has 0 spiro atoms. The standard InChI is InChI=1S/C12H20N2O2S/c1-5-14(6-2)8-7-10-13-9(3)11(17-10)12(15)16-4/h5-8H2,1-4H3. The summed E-state index contributed by atoms with van der Waals surface area (Å²) in [5, 5.41) is 1.01. The number of hydrogen-bond donors (Lipinski definition) is 0. The molecule has 0 N–H and O–H groups in total. The highest BCUT2D eigenvalue weighted by Gasteiger charge is 2.15. The first kappa shape index (κ1) is 14.1. The van der Waals surface area contributed by atoms with Gasteiger partial charge in [-0.3, -0.25) is 0 Å². The topological polar surface area (TPSA) is 42.4 Å². The van der Waals surface area contributed by atoms with E-state index in [9.17, 15) is 4.79 Å². The molecule has 0 saturated heterocycles. The smallest absolute Gasteiger partial charge is 0.349 e. The summed E-state index contributed by atoms with van der Waals surface area (Å²) >= 11 is 1.44. The zero-order valence-electron chi connectivity index (χ0n) is 10.9. The van der Waals surface area contributed by atoms with E-state index in [0.29, 0.717) is 4.88 Å². The fraction of sp³-hybridized carbons (Fsp3) is 0.667. The van der Waals surface area contributed by atoms with Crippen LogP contribution in [0.2, 0.25) is 0 Å². The van der Waals surface area contributed by atoms with Gasteiger partial charge in [-0.2, -0.15) is 0 Å². The van der Waals surface area contributed by atoms with Crippen LogP contribution in [0.1, 0.15) is 34.2 Å². The predicted octanol–water partition coefficient (Wildman–Crippen LogP) is 2.12. The molecule has 5 heteroatoms. The van der Waals surface area contributed by atoms with Crippen LogP contribution in [0.3, 0.4) is 0 Å². The molecule has 0 aromatic carbocycles. The Morgan fingerprint density at radius 2 is 2.06 bits per heavy atom. The Morgan fingerprint density at radius 1 is 1.41 bits per heavy atom. The Hall–Kier alpha value is -0.940. The third kappa shape index (κ3) is 3.78. The van der Waals surface area contributed by atoms with Gasteiger partial charge in [0, 0.05) is 13.0 Å². The van der Waals surface area contributed by atoms with Crippen molar-refractivity contribution in [2.75, 3.05) is 26.7 Å². The van der Waals surface area contributed by atoms with Gasteiger partial charge < -0.3 is 9.64 Å². The van der Waals surface area contributed by atoms with Crippen LogP contribution < -0.4 is 0 Å². The van der Waals surface area contributed by atoms with Crippen molar-refractivity contribution in [2.45, 2.75) is 27.2 Å². The van der Waals surface area contributed by atoms with Gasteiger partial charge in [-0.1, -0.05) is 13.8 Å². The molecule has 4 nitrogen and oxygen atoms in total. The maximum absolute atomic E-state index is 11.4. The Kier molecular flexibility index (Phi) is 5.58. The van der Waals surface area contributed by atoms with Crippen LogP contribution >= 0.6 is 11.3 Å². The lowest BCUT2D eigenvalue weighted by Gasteiger charge is -2.16. The third-order valence-electron chi connectivity index (χ3n) is 2.75. The molecule has 1 aromatic heterocycles. The summed E-state index contributed by atoms with van der Waals surface area (Å²) in [5.41, 5.74) is 0.774. The number of likely N-dealkylation sites (N-methyl/N-ethyl adjacent to an activating group) is 1. The number of rotatable bonds is 6. The van der Waals surface area contributed by atoms with E-state index in [1.807, 2.05) is 6.92 Å². The van der Waals surface area contributed by atoms with Crippen LogP contribution in [0, 0.1) is 6.92 Å². The minimum Gasteiger partial charge on any atom is -0.465 e. The number of methoxy groups -OCH3 is 1. The molecule has 0 fully saturated rings. The molecular weight excluding hydrogens is 236 g/mol. The summed E-state index contributed by atoms with van der Waals surface area (Å²) in [6.07, 6.45) is 0.893. The van der Waals surface area contributed by atoms with Gasteiger partial charge in [0.1, 0.15) is 4.88 Å². The minimum atomic E-state index is -0.283. The fourth-order valence-electron chi connectivity index (χ4n) is 1.63. The molecule has 0 aliphatic heterocycles. The van der Waals surface area contributed by atoms with E-state index in [1.165, 1.54) is 18.4 Å². The Labute approximate surface area is 107 Å². The molecule has 0 atom stereocenters. The van der Waals surface area contributed by atoms with Crippen molar-refractivity contribution in [1.29, 1.82) is 0 Å². The highest BCUT2D eigenvalue weighted by Crippen LogP contribution is 2.19. The van der Waals surface area contributed by atoms with E-state index in [-0.39, 0.29) is 5.97 Å². The van der Waals surface area contributed by atoms with Crippen LogP contribution in [0.25, 0.3) is 0 Å². The van der Waals surface area contributed by atoms with E-state index >= 15 is 0 Å². The first-order valence-corrected chi connectivity index (χ1v) is 6.70. The number of aromatic nitrogens is 1. The van der Waals surface area contributed by atoms with Gasteiger partial charge in [-0.15, -0.1) is 11.3 Å². The average molecular weight is 256 g/mol. The zero-order valence-corrected chi connectivity index (χ0v) is 11.8. The minimum absolute atomic E-state index is 0.283. The molecule has 0 unspecified atom stereocenters. The monoisotopic (exact) mass is 256 g/mol. The quantitative estimate of drug-likeness (QED) is 0.731. The van der Waals surface area contributed by atoms with Gasteiger partial charge in [0.2, 0.25) is 0 Å². The highest BCUT2D eigenvalue weighted by molar-refractivity contribution is 7.13. The van der Waals surface area contributed by atoms with Gasteiger partial charge in [0.25, 0.3) is 0 Å². The third-order valence-corrected chi connectivity index (χ3v) is 3.95. The highest BCUT2D eigenvalue weighted by atomic mass is 32.1. The van der Waals surface area contributed by atoms with E-state index < -0.39 is 0 Å². The number of nitrogens with zero attached hydrogens (tertiary/aromatic N) is 2. The lowest BCUT2D eigenvalue weighted by Crippen LogP contribution is -2.25. The molecule has 1 rings (SSSR count). The number of hydrogen-bond acceptors (Lipinski definition) is 5. The number of carbonyl (C=O) groups is 1. The first-order valence-electron chi connectivity index (χ1n) is 5.89. The Bertz CT molecular complexity index is 373. The molecule has 1 aromatic rings. The second kappa shape index (κ2) is 6.71. The van der Waals surface area contributed by atoms with E-state index in [4.69, 9.17) is 4.74 Å². The van der Waals surface area contributed by atoms with E-state index in [0.717, 1.165) is 36.8 Å². The molecule has 17 heavy (non-hydrogen) atoms. The Balaban J connectivity index is 2.64. The molecule has 0 aliphatic carbocycles. The van der Waals surface area contributed by atoms with Crippen LogP contribution in [-0.2, 0) is 11.2 Å². The lowest BCUT2D eigenvalue weighted by atomic mass is 10.3. The summed E-state index contributed by atoms with van der Waals surface area (Å²) in [5.74, 6) is -0.283. The van der Waals surface area contributed by atoms with Crippen molar-refractivity contribution in [3.05, 3.63) is 15.6 Å². The largest absolute Gasteiger partial charge is 0.465 e. The molecule has 0 aliphatic rings. The molecule has 0 amide bonds. The molecule has 0 radical (unpaired) electrons. The zero-order chi connectivity index (χ0) is 12.8. The number of esters is 1. The summed E-state index contributed by atoms with van der Waals surface area (Å²) < 4.78 is 4.72. The molecule has 0 saturated carbocycles. The summed E-state index contributed by atoms with van der Waals surface area (Å²) in [4.78, 5) is 18.8. The van der Waals surface area contributed by atoms with Crippen LogP contribution in [0.15, 0.2) is 0 Å². The number of carbonyl (C=O) groups excluding carboxylic acids is 1. The van der Waals surface area contributed by atoms with Crippen LogP contribution in [0.4, 0.5) is 0 Å². The second-order valence-corrected chi connectivity index (χ2v) is 4.87. The fourth-order valence-corrected chi connectivity index (χ4v) is 2.61. The molecular formula is C12H20N2O2S. The van der Waals surface area contributed by atoms with Crippen molar-refractivity contribution >= 4 is 17.3 Å². The van der Waals surface area contributed by atoms with Crippen molar-refractivity contribution in [1.82, 2.24) is 9.88 Å². The number of ether oxygens (including phenoxy) is 1. The predicted molar refractivity (Wildman–Crippen MR) is 69.7 cm³/mol. The Morgan fingerprint density at radius 3 is 2.59 bits per heavy atom. The van der Waals surface area contributed by atoms with Crippen molar-refractivity contribution in [3.63, 3.8) is 0 Å². The SMILES string of the molecule is CCN(CC)CCc1nc(C)c(C(=O)OC)s1. The van der Waals surface area contributed by atoms with Crippen LogP contribution in [0.5, 0.6) is 0 Å². The van der Waals surface area contributed by atoms with Gasteiger partial charge in [0.05, 0.1) is 17.8 Å². The average Bonchev–Trinajstić information content (AvgIpc) is 2.71. The first-order chi connectivity index (χ1) is 8.12. The van der Waals surface area contributed by atoms with Crippen molar-refractivity contribution in [2.24, 2.45) is 0 Å². The maximum Gasteiger partial charge on any atom is 0.349 e. The normalized spacial score (nSPS) is 10.9. The van der Waals surface area contributed by atoms with E-state index in [2.05, 4.69) is 23.7 Å².